The first-order valence-electron chi connectivity index (χ1n) is 5.66. The molecule has 4 heteroatoms. The van der Waals surface area contributed by atoms with Crippen molar-refractivity contribution in [2.45, 2.75) is 46.0 Å². The average Bonchev–Trinajstić information content (AvgIpc) is 2.26. The third-order valence-electron chi connectivity index (χ3n) is 2.42. The molecule has 0 amide bonds. The lowest BCUT2D eigenvalue weighted by Gasteiger charge is -2.08. The van der Waals surface area contributed by atoms with E-state index in [0.717, 1.165) is 5.57 Å². The maximum Gasteiger partial charge on any atom is 0.238 e. The Kier molecular flexibility index (Phi) is 8.11. The minimum absolute atomic E-state index is 0.0650. The molecule has 0 saturated heterocycles. The molecule has 96 valence electrons. The van der Waals surface area contributed by atoms with Gasteiger partial charge in [-0.05, 0) is 50.1 Å². The van der Waals surface area contributed by atoms with E-state index in [9.17, 15) is 13.6 Å². The van der Waals surface area contributed by atoms with E-state index in [-0.39, 0.29) is 12.2 Å². The Bertz CT molecular complexity index is 319. The number of Topliss-reactive ketones (excluding diaryl/α,β-unsaturated/α-hetero) is 1. The number of nitrogens with zero attached hydrogens (tertiary/aromatic N) is 1. The number of rotatable bonds is 8. The topological polar surface area (TPSA) is 29.4 Å². The highest BCUT2D eigenvalue weighted by Gasteiger charge is 2.10. The number of hydrogen-bond acceptors (Lipinski definition) is 2. The minimum Gasteiger partial charge on any atom is -0.295 e. The van der Waals surface area contributed by atoms with Gasteiger partial charge in [-0.3, -0.25) is 9.79 Å². The van der Waals surface area contributed by atoms with E-state index in [1.807, 2.05) is 6.92 Å². The zero-order chi connectivity index (χ0) is 13.3. The second-order valence-corrected chi connectivity index (χ2v) is 3.70. The number of allylic oxidation sites excluding steroid dienone is 3. The van der Waals surface area contributed by atoms with Gasteiger partial charge in [-0.2, -0.15) is 0 Å². The third kappa shape index (κ3) is 6.76. The summed E-state index contributed by atoms with van der Waals surface area (Å²) in [6.07, 6.45) is 2.14. The number of carbonyl (C=O) groups excluding carboxylic acids is 1. The summed E-state index contributed by atoms with van der Waals surface area (Å²) in [4.78, 5) is 15.0. The van der Waals surface area contributed by atoms with E-state index in [2.05, 4.69) is 11.7 Å². The van der Waals surface area contributed by atoms with Crippen LogP contribution in [0.1, 0.15) is 39.5 Å². The molecule has 0 aliphatic heterocycles. The third-order valence-corrected chi connectivity index (χ3v) is 2.42. The average molecular weight is 243 g/mol. The smallest absolute Gasteiger partial charge is 0.238 e. The van der Waals surface area contributed by atoms with E-state index in [0.29, 0.717) is 24.8 Å². The largest absolute Gasteiger partial charge is 0.295 e. The van der Waals surface area contributed by atoms with E-state index in [1.54, 1.807) is 6.08 Å². The molecular weight excluding hydrogens is 224 g/mol. The summed E-state index contributed by atoms with van der Waals surface area (Å²) in [5.41, 5.74) is 1.47. The fourth-order valence-corrected chi connectivity index (χ4v) is 1.57. The van der Waals surface area contributed by atoms with Crippen LogP contribution in [0.2, 0.25) is 0 Å². The molecular formula is C13H19F2NO. The molecule has 0 saturated carbocycles. The SMILES string of the molecule is C=N/C=C\C(CC)=C(/CCCC(F)F)C(C)=O. The quantitative estimate of drug-likeness (QED) is 0.361. The van der Waals surface area contributed by atoms with Crippen molar-refractivity contribution >= 4 is 12.5 Å². The predicted molar refractivity (Wildman–Crippen MR) is 66.5 cm³/mol. The van der Waals surface area contributed by atoms with E-state index < -0.39 is 6.43 Å². The summed E-state index contributed by atoms with van der Waals surface area (Å²) in [5.74, 6) is -0.0650. The van der Waals surface area contributed by atoms with Gasteiger partial charge < -0.3 is 0 Å². The highest BCUT2D eigenvalue weighted by molar-refractivity contribution is 5.94. The summed E-state index contributed by atoms with van der Waals surface area (Å²) < 4.78 is 24.1. The molecule has 0 aliphatic carbocycles. The number of alkyl halides is 2. The molecule has 0 spiro atoms. The summed E-state index contributed by atoms with van der Waals surface area (Å²) >= 11 is 0. The van der Waals surface area contributed by atoms with Crippen molar-refractivity contribution in [3.05, 3.63) is 23.4 Å². The number of carbonyl (C=O) groups is 1. The van der Waals surface area contributed by atoms with Crippen LogP contribution in [0.25, 0.3) is 0 Å². The standard InChI is InChI=1S/C13H19F2NO/c1-4-11(8-9-16-3)12(10(2)17)6-5-7-13(14)15/h8-9,13H,3-7H2,1-2H3/b9-8-,12-11+. The minimum atomic E-state index is -2.31. The van der Waals surface area contributed by atoms with Gasteiger partial charge in [-0.15, -0.1) is 0 Å². The van der Waals surface area contributed by atoms with Crippen LogP contribution >= 0.6 is 0 Å². The molecule has 2 nitrogen and oxygen atoms in total. The molecule has 0 N–H and O–H groups in total. The van der Waals surface area contributed by atoms with Gasteiger partial charge in [0.1, 0.15) is 0 Å². The van der Waals surface area contributed by atoms with Crippen molar-refractivity contribution in [3.63, 3.8) is 0 Å². The number of aliphatic imine (C=N–C) groups is 1. The summed E-state index contributed by atoms with van der Waals surface area (Å²) in [5, 5.41) is 0. The molecule has 0 aromatic carbocycles. The maximum atomic E-state index is 12.0. The Morgan fingerprint density at radius 2 is 2.12 bits per heavy atom. The van der Waals surface area contributed by atoms with Gasteiger partial charge in [0.15, 0.2) is 5.78 Å². The molecule has 0 radical (unpaired) electrons. The van der Waals surface area contributed by atoms with Gasteiger partial charge in [-0.25, -0.2) is 8.78 Å². The first kappa shape index (κ1) is 15.7. The molecule has 0 aromatic heterocycles. The van der Waals surface area contributed by atoms with Gasteiger partial charge in [0, 0.05) is 12.6 Å². The van der Waals surface area contributed by atoms with Gasteiger partial charge in [0.25, 0.3) is 0 Å². The highest BCUT2D eigenvalue weighted by Crippen LogP contribution is 2.19. The first-order chi connectivity index (χ1) is 8.02. The normalized spacial score (nSPS) is 13.0. The van der Waals surface area contributed by atoms with Crippen LogP contribution in [-0.4, -0.2) is 18.9 Å². The molecule has 0 unspecified atom stereocenters. The van der Waals surface area contributed by atoms with Crippen LogP contribution in [0.4, 0.5) is 8.78 Å². The fraction of sp³-hybridized carbons (Fsp3) is 0.538. The second-order valence-electron chi connectivity index (χ2n) is 3.70. The van der Waals surface area contributed by atoms with Crippen molar-refractivity contribution < 1.29 is 13.6 Å². The molecule has 0 aromatic rings. The monoisotopic (exact) mass is 243 g/mol. The molecule has 0 heterocycles. The van der Waals surface area contributed by atoms with Crippen LogP contribution in [0.15, 0.2) is 28.4 Å². The summed E-state index contributed by atoms with van der Waals surface area (Å²) in [6.45, 7) is 6.69. The fourth-order valence-electron chi connectivity index (χ4n) is 1.57. The van der Waals surface area contributed by atoms with Crippen LogP contribution < -0.4 is 0 Å². The lowest BCUT2D eigenvalue weighted by Crippen LogP contribution is -2.02. The second kappa shape index (κ2) is 8.79. The summed E-state index contributed by atoms with van der Waals surface area (Å²) in [7, 11) is 0. The molecule has 0 rings (SSSR count). The van der Waals surface area contributed by atoms with Crippen LogP contribution in [0, 0.1) is 0 Å². The van der Waals surface area contributed by atoms with Crippen molar-refractivity contribution in [1.29, 1.82) is 0 Å². The van der Waals surface area contributed by atoms with E-state index >= 15 is 0 Å². The van der Waals surface area contributed by atoms with Crippen molar-refractivity contribution in [2.75, 3.05) is 0 Å². The van der Waals surface area contributed by atoms with Crippen LogP contribution in [-0.2, 0) is 4.79 Å². The van der Waals surface area contributed by atoms with E-state index in [4.69, 9.17) is 0 Å². The Morgan fingerprint density at radius 1 is 1.47 bits per heavy atom. The summed E-state index contributed by atoms with van der Waals surface area (Å²) in [6, 6.07) is 0. The van der Waals surface area contributed by atoms with E-state index in [1.165, 1.54) is 13.1 Å². The molecule has 0 fully saturated rings. The predicted octanol–water partition coefficient (Wildman–Crippen LogP) is 3.93. The lowest BCUT2D eigenvalue weighted by atomic mass is 9.97. The van der Waals surface area contributed by atoms with Gasteiger partial charge in [0.05, 0.1) is 0 Å². The van der Waals surface area contributed by atoms with Crippen molar-refractivity contribution in [3.8, 4) is 0 Å². The Balaban J connectivity index is 4.77. The molecule has 0 bridgehead atoms. The van der Waals surface area contributed by atoms with Gasteiger partial charge >= 0.3 is 0 Å². The highest BCUT2D eigenvalue weighted by atomic mass is 19.3. The van der Waals surface area contributed by atoms with Crippen molar-refractivity contribution in [1.82, 2.24) is 0 Å². The number of halogens is 2. The Morgan fingerprint density at radius 3 is 2.53 bits per heavy atom. The van der Waals surface area contributed by atoms with Crippen molar-refractivity contribution in [2.24, 2.45) is 4.99 Å². The zero-order valence-corrected chi connectivity index (χ0v) is 10.4. The number of ketones is 1. The lowest BCUT2D eigenvalue weighted by molar-refractivity contribution is -0.113. The first-order valence-corrected chi connectivity index (χ1v) is 5.66. The van der Waals surface area contributed by atoms with Gasteiger partial charge in [-0.1, -0.05) is 6.92 Å². The molecule has 0 aliphatic rings. The zero-order valence-electron chi connectivity index (χ0n) is 10.4. The van der Waals surface area contributed by atoms with Crippen LogP contribution in [0.5, 0.6) is 0 Å². The molecule has 17 heavy (non-hydrogen) atoms. The number of hydrogen-bond donors (Lipinski definition) is 0. The Labute approximate surface area is 101 Å². The Hall–Kier alpha value is -1.32. The maximum absolute atomic E-state index is 12.0. The molecule has 0 atom stereocenters. The van der Waals surface area contributed by atoms with Crippen LogP contribution in [0.3, 0.4) is 0 Å². The van der Waals surface area contributed by atoms with Gasteiger partial charge in [0.2, 0.25) is 6.43 Å².